The maximum Gasteiger partial charge on any atom is 0.346 e. The molecular formula is C73H38Cl3N7O19. The highest BCUT2D eigenvalue weighted by Crippen LogP contribution is 2.43. The van der Waals surface area contributed by atoms with Crippen molar-refractivity contribution in [3.8, 4) is 5.69 Å². The van der Waals surface area contributed by atoms with Crippen molar-refractivity contribution in [2.45, 2.75) is 0 Å². The summed E-state index contributed by atoms with van der Waals surface area (Å²) in [7, 11) is 0. The summed E-state index contributed by atoms with van der Waals surface area (Å²) in [6.07, 6.45) is 3.78. The number of nitro groups is 2. The lowest BCUT2D eigenvalue weighted by molar-refractivity contribution is -0.383. The molecule has 11 aromatic carbocycles. The zero-order chi connectivity index (χ0) is 72.6. The first-order chi connectivity index (χ1) is 48.8. The molecule has 16 rings (SSSR count). The molecule has 0 saturated carbocycles. The van der Waals surface area contributed by atoms with E-state index >= 15 is 0 Å². The van der Waals surface area contributed by atoms with E-state index in [1.807, 2.05) is 41.2 Å². The second kappa shape index (κ2) is 25.9. The van der Waals surface area contributed by atoms with Gasteiger partial charge < -0.3 is 30.4 Å². The van der Waals surface area contributed by atoms with E-state index in [9.17, 15) is 88.3 Å². The number of ether oxygens (including phenoxy) is 1. The van der Waals surface area contributed by atoms with E-state index in [4.69, 9.17) is 40.5 Å². The summed E-state index contributed by atoms with van der Waals surface area (Å²) in [4.78, 5) is 160. The number of amides is 6. The first kappa shape index (κ1) is 66.8. The van der Waals surface area contributed by atoms with Crippen LogP contribution in [0.1, 0.15) is 114 Å². The normalized spacial score (nSPS) is 13.3. The number of carboxylic acids is 3. The minimum absolute atomic E-state index is 0.0178. The summed E-state index contributed by atoms with van der Waals surface area (Å²) in [6, 6.07) is 46.1. The Hall–Kier alpha value is -13.8. The molecule has 1 aromatic heterocycles. The number of benzene rings is 11. The van der Waals surface area contributed by atoms with Crippen molar-refractivity contribution in [2.24, 2.45) is 0 Å². The molecule has 0 unspecified atom stereocenters. The number of nitrogens with two attached hydrogens (primary N) is 1. The number of nitro benzene ring substituents is 2. The number of carbonyl (C=O) groups is 11. The predicted molar refractivity (Wildman–Crippen MR) is 371 cm³/mol. The summed E-state index contributed by atoms with van der Waals surface area (Å²) in [5.74, 6) is -8.91. The topological polar surface area (TPSA) is 385 Å². The van der Waals surface area contributed by atoms with Crippen LogP contribution in [-0.4, -0.2) is 95.0 Å². The number of carboxylic acid groups (broad SMARTS) is 3. The van der Waals surface area contributed by atoms with Crippen molar-refractivity contribution < 1.29 is 82.6 Å². The number of hydrogen-bond acceptors (Lipinski definition) is 17. The lowest BCUT2D eigenvalue weighted by Gasteiger charge is -2.28. The fraction of sp³-hybridized carbons (Fsp3) is 0. The van der Waals surface area contributed by atoms with Gasteiger partial charge in [0.1, 0.15) is 0 Å². The van der Waals surface area contributed by atoms with Crippen LogP contribution < -0.4 is 20.4 Å². The number of halogens is 3. The Labute approximate surface area is 584 Å². The second-order valence-corrected chi connectivity index (χ2v) is 23.8. The molecule has 4 aliphatic heterocycles. The number of imide groups is 3. The highest BCUT2D eigenvalue weighted by atomic mass is 35.5. The molecule has 29 heteroatoms. The zero-order valence-electron chi connectivity index (χ0n) is 51.3. The minimum atomic E-state index is -1.24. The number of cyclic esters (lactones) is 2. The number of rotatable bonds is 9. The predicted octanol–water partition coefficient (Wildman–Crippen LogP) is 14.3. The van der Waals surface area contributed by atoms with Crippen LogP contribution in [0.5, 0.6) is 0 Å². The molecule has 500 valence electrons. The highest BCUT2D eigenvalue weighted by molar-refractivity contribution is 6.43. The number of anilines is 4. The Balaban J connectivity index is 0.000000123. The van der Waals surface area contributed by atoms with Crippen LogP contribution >= 0.6 is 34.8 Å². The first-order valence-corrected chi connectivity index (χ1v) is 30.8. The smallest absolute Gasteiger partial charge is 0.346 e. The third-order valence-electron chi connectivity index (χ3n) is 16.9. The van der Waals surface area contributed by atoms with E-state index in [2.05, 4.69) is 4.74 Å². The van der Waals surface area contributed by atoms with Crippen LogP contribution in [0, 0.1) is 20.2 Å². The van der Waals surface area contributed by atoms with E-state index < -0.39 is 75.1 Å². The summed E-state index contributed by atoms with van der Waals surface area (Å²) in [5.41, 5.74) is 8.47. The van der Waals surface area contributed by atoms with E-state index in [0.717, 1.165) is 31.8 Å². The molecule has 0 aliphatic carbocycles. The molecular weight excluding hydrogens is 1390 g/mol. The van der Waals surface area contributed by atoms with Gasteiger partial charge in [-0.2, -0.15) is 0 Å². The summed E-state index contributed by atoms with van der Waals surface area (Å²) in [5, 5.41) is 53.5. The van der Waals surface area contributed by atoms with Gasteiger partial charge >= 0.3 is 29.8 Å². The molecule has 0 spiro atoms. The molecule has 12 aromatic rings. The van der Waals surface area contributed by atoms with E-state index in [-0.39, 0.29) is 104 Å². The minimum Gasteiger partial charge on any atom is -0.478 e. The standard InChI is InChI=1S/C23H13ClN2O4.C19H9ClN2O6.C19H11ClN2O4.C12H5NO5/c24-17-8-6-13(23(29)30)12-19(17)26-21(27)15-5-3-4-14-18(25-10-1-2-11-25)9-7-16(20(14)15)22(26)28;20-13-6-4-9(19(25)26)8-15(13)21-17(23)11-3-1-2-10-14(22(27)28)7-5-12(16(10)11)18(21)24;20-13-6-4-9(19(25)26)8-15(13)22-17(23)11-3-1-2-10-14(21)7-5-12(16(10)11)18(22)24;14-11-7-3-1-2-6-9(13(16)17)5-4-8(10(6)7)12(15)18-11/h1-12H,(H,29,30);1-8H,(H,25,26);1-8H,21H2,(H,25,26);1-5H. The van der Waals surface area contributed by atoms with Crippen molar-refractivity contribution in [2.75, 3.05) is 20.4 Å². The van der Waals surface area contributed by atoms with E-state index in [1.165, 1.54) is 109 Å². The van der Waals surface area contributed by atoms with Gasteiger partial charge in [-0.15, -0.1) is 0 Å². The Morgan fingerprint density at radius 3 is 1.06 bits per heavy atom. The van der Waals surface area contributed by atoms with Gasteiger partial charge in [0, 0.05) is 95.9 Å². The number of hydrogen-bond donors (Lipinski definition) is 4. The van der Waals surface area contributed by atoms with Crippen molar-refractivity contribution in [3.63, 3.8) is 0 Å². The SMILES string of the molecule is Nc1ccc2c3c(cccc13)C(=O)N(c1cc(C(=O)O)ccc1Cl)C2=O.O=C(O)c1ccc(Cl)c(N2C(=O)c3cccc4c(-n5cccc5)ccc(c34)C2=O)c1.O=C(O)c1ccc(Cl)c(N2C(=O)c3cccc4c([N+](=O)[O-])ccc(c34)C2=O)c1.O=C1OC(=O)c2ccc([N+](=O)[O-])c3cccc1c23. The monoisotopic (exact) mass is 1420 g/mol. The Bertz CT molecular complexity index is 5810. The molecule has 6 amide bonds. The number of nitrogens with zero attached hydrogens (tertiary/aromatic N) is 6. The van der Waals surface area contributed by atoms with Gasteiger partial charge in [-0.05, 0) is 140 Å². The van der Waals surface area contributed by atoms with Crippen LogP contribution in [0.3, 0.4) is 0 Å². The summed E-state index contributed by atoms with van der Waals surface area (Å²) < 4.78 is 6.47. The average Bonchev–Trinajstić information content (AvgIpc) is 0.775. The van der Waals surface area contributed by atoms with Gasteiger partial charge in [-0.25, -0.2) is 38.7 Å². The van der Waals surface area contributed by atoms with Gasteiger partial charge in [0.05, 0.1) is 86.3 Å². The lowest BCUT2D eigenvalue weighted by Crippen LogP contribution is -2.40. The molecule has 0 fully saturated rings. The molecule has 102 heavy (non-hydrogen) atoms. The average molecular weight is 1420 g/mol. The molecule has 0 radical (unpaired) electrons. The van der Waals surface area contributed by atoms with Crippen LogP contribution in [-0.2, 0) is 4.74 Å². The molecule has 4 aliphatic rings. The van der Waals surface area contributed by atoms with Gasteiger partial charge in [0.25, 0.3) is 46.8 Å². The lowest BCUT2D eigenvalue weighted by atomic mass is 9.92. The summed E-state index contributed by atoms with van der Waals surface area (Å²) in [6.45, 7) is 0. The second-order valence-electron chi connectivity index (χ2n) is 22.5. The fourth-order valence-corrected chi connectivity index (χ4v) is 13.0. The molecule has 5 N–H and O–H groups in total. The zero-order valence-corrected chi connectivity index (χ0v) is 53.6. The molecule has 0 atom stereocenters. The number of non-ortho nitro benzene ring substituents is 2. The first-order valence-electron chi connectivity index (χ1n) is 29.7. The molecule has 0 bridgehead atoms. The molecule has 26 nitrogen and oxygen atoms in total. The molecule has 5 heterocycles. The van der Waals surface area contributed by atoms with Gasteiger partial charge in [0.15, 0.2) is 0 Å². The van der Waals surface area contributed by atoms with E-state index in [0.29, 0.717) is 44.1 Å². The third-order valence-corrected chi connectivity index (χ3v) is 17.9. The quantitative estimate of drug-likeness (QED) is 0.0260. The van der Waals surface area contributed by atoms with Crippen molar-refractivity contribution in [1.82, 2.24) is 4.57 Å². The van der Waals surface area contributed by atoms with Gasteiger partial charge in [-0.1, -0.05) is 71.2 Å². The van der Waals surface area contributed by atoms with Crippen LogP contribution in [0.2, 0.25) is 15.1 Å². The van der Waals surface area contributed by atoms with Gasteiger partial charge in [-0.3, -0.25) is 49.0 Å². The Kier molecular flexibility index (Phi) is 16.9. The van der Waals surface area contributed by atoms with E-state index in [1.54, 1.807) is 48.5 Å². The fourth-order valence-electron chi connectivity index (χ4n) is 12.4. The van der Waals surface area contributed by atoms with Crippen molar-refractivity contribution >= 4 is 177 Å². The maximum absolute atomic E-state index is 13.3. The Morgan fingerprint density at radius 2 is 0.667 bits per heavy atom. The number of aromatic carboxylic acids is 3. The van der Waals surface area contributed by atoms with Crippen molar-refractivity contribution in [3.05, 3.63) is 297 Å². The van der Waals surface area contributed by atoms with Gasteiger partial charge in [0.2, 0.25) is 0 Å². The number of esters is 2. The van der Waals surface area contributed by atoms with Crippen molar-refractivity contribution in [1.29, 1.82) is 0 Å². The maximum atomic E-state index is 13.3. The van der Waals surface area contributed by atoms with Crippen LogP contribution in [0.15, 0.2) is 200 Å². The molecule has 0 saturated heterocycles. The largest absolute Gasteiger partial charge is 0.478 e. The third kappa shape index (κ3) is 11.2. The Morgan fingerprint density at radius 1 is 0.363 bits per heavy atom. The highest BCUT2D eigenvalue weighted by Gasteiger charge is 2.40. The number of carbonyl (C=O) groups excluding carboxylic acids is 8. The van der Waals surface area contributed by atoms with Crippen LogP contribution in [0.4, 0.5) is 34.1 Å². The van der Waals surface area contributed by atoms with Crippen LogP contribution in [0.25, 0.3) is 48.8 Å². The number of aromatic nitrogens is 1. The number of nitrogen functional groups attached to an aromatic ring is 1. The summed E-state index contributed by atoms with van der Waals surface area (Å²) >= 11 is 18.5.